The van der Waals surface area contributed by atoms with Gasteiger partial charge in [0.1, 0.15) is 22.9 Å². The van der Waals surface area contributed by atoms with E-state index < -0.39 is 11.8 Å². The Morgan fingerprint density at radius 2 is 1.68 bits per heavy atom. The average molecular weight is 497 g/mol. The largest absolute Gasteiger partial charge is 0.457 e. The standard InChI is InChI=1S/C24H21ClN4O4S/c1-14-15(2)34-23-22(14)24(32)29(13-27-23)12-21(31)26-11-20(30)28-17-5-9-19(10-6-17)33-18-7-3-16(25)4-8-18/h3-10,13H,11-12H2,1-2H3,(H,26,31)(H,28,30). The van der Waals surface area contributed by atoms with E-state index in [9.17, 15) is 14.4 Å². The van der Waals surface area contributed by atoms with Crippen LogP contribution < -0.4 is 20.9 Å². The fourth-order valence-electron chi connectivity index (χ4n) is 3.22. The topological polar surface area (TPSA) is 102 Å². The van der Waals surface area contributed by atoms with Gasteiger partial charge in [0.2, 0.25) is 11.8 Å². The Labute approximate surface area is 204 Å². The number of thiophene rings is 1. The van der Waals surface area contributed by atoms with Crippen molar-refractivity contribution < 1.29 is 14.3 Å². The molecule has 0 atom stereocenters. The van der Waals surface area contributed by atoms with Crippen LogP contribution >= 0.6 is 22.9 Å². The Morgan fingerprint density at radius 3 is 2.35 bits per heavy atom. The van der Waals surface area contributed by atoms with Crippen LogP contribution in [0.2, 0.25) is 5.02 Å². The molecule has 8 nitrogen and oxygen atoms in total. The van der Waals surface area contributed by atoms with Gasteiger partial charge >= 0.3 is 0 Å². The van der Waals surface area contributed by atoms with Gasteiger partial charge in [-0.05, 0) is 67.9 Å². The van der Waals surface area contributed by atoms with Gasteiger partial charge in [-0.2, -0.15) is 0 Å². The van der Waals surface area contributed by atoms with Gasteiger partial charge in [0, 0.05) is 15.6 Å². The van der Waals surface area contributed by atoms with E-state index >= 15 is 0 Å². The predicted octanol–water partition coefficient (Wildman–Crippen LogP) is 4.28. The number of halogens is 1. The van der Waals surface area contributed by atoms with E-state index in [1.165, 1.54) is 22.2 Å². The number of aromatic nitrogens is 2. The van der Waals surface area contributed by atoms with Crippen LogP contribution in [-0.4, -0.2) is 27.9 Å². The van der Waals surface area contributed by atoms with Crippen molar-refractivity contribution >= 4 is 50.7 Å². The summed E-state index contributed by atoms with van der Waals surface area (Å²) in [6.07, 6.45) is 1.35. The highest BCUT2D eigenvalue weighted by Gasteiger charge is 2.14. The molecule has 10 heteroatoms. The lowest BCUT2D eigenvalue weighted by Crippen LogP contribution is -2.37. The van der Waals surface area contributed by atoms with Crippen molar-refractivity contribution in [2.75, 3.05) is 11.9 Å². The van der Waals surface area contributed by atoms with E-state index in [1.54, 1.807) is 48.5 Å². The van der Waals surface area contributed by atoms with Gasteiger partial charge in [-0.25, -0.2) is 4.98 Å². The summed E-state index contributed by atoms with van der Waals surface area (Å²) in [5.41, 5.74) is 1.15. The summed E-state index contributed by atoms with van der Waals surface area (Å²) in [5.74, 6) is 0.377. The van der Waals surface area contributed by atoms with Crippen LogP contribution in [0, 0.1) is 13.8 Å². The summed E-state index contributed by atoms with van der Waals surface area (Å²) in [4.78, 5) is 43.1. The molecule has 2 N–H and O–H groups in total. The first-order chi connectivity index (χ1) is 16.3. The first-order valence-electron chi connectivity index (χ1n) is 10.4. The second-order valence-electron chi connectivity index (χ2n) is 7.55. The molecule has 174 valence electrons. The number of ether oxygens (including phenoxy) is 1. The normalized spacial score (nSPS) is 10.8. The maximum absolute atomic E-state index is 12.7. The lowest BCUT2D eigenvalue weighted by molar-refractivity contribution is -0.124. The number of carbonyl (C=O) groups is 2. The zero-order chi connectivity index (χ0) is 24.2. The molecule has 0 fully saturated rings. The third-order valence-corrected chi connectivity index (χ3v) is 6.47. The molecule has 0 bridgehead atoms. The molecule has 0 aliphatic carbocycles. The monoisotopic (exact) mass is 496 g/mol. The van der Waals surface area contributed by atoms with E-state index in [-0.39, 0.29) is 18.6 Å². The molecule has 0 radical (unpaired) electrons. The summed E-state index contributed by atoms with van der Waals surface area (Å²) in [6.45, 7) is 3.34. The van der Waals surface area contributed by atoms with Gasteiger partial charge in [0.25, 0.3) is 5.56 Å². The number of anilines is 1. The molecule has 2 aromatic carbocycles. The zero-order valence-electron chi connectivity index (χ0n) is 18.4. The number of nitrogens with zero attached hydrogens (tertiary/aromatic N) is 2. The second-order valence-corrected chi connectivity index (χ2v) is 9.19. The van der Waals surface area contributed by atoms with Crippen molar-refractivity contribution in [2.24, 2.45) is 0 Å². The number of fused-ring (bicyclic) bond motifs is 1. The fourth-order valence-corrected chi connectivity index (χ4v) is 4.34. The van der Waals surface area contributed by atoms with Crippen molar-refractivity contribution in [2.45, 2.75) is 20.4 Å². The van der Waals surface area contributed by atoms with Crippen molar-refractivity contribution in [3.63, 3.8) is 0 Å². The van der Waals surface area contributed by atoms with Crippen LogP contribution in [0.1, 0.15) is 10.4 Å². The van der Waals surface area contributed by atoms with Crippen molar-refractivity contribution in [3.8, 4) is 11.5 Å². The molecule has 0 saturated carbocycles. The van der Waals surface area contributed by atoms with Crippen LogP contribution in [0.25, 0.3) is 10.2 Å². The summed E-state index contributed by atoms with van der Waals surface area (Å²) in [6, 6.07) is 13.8. The van der Waals surface area contributed by atoms with Gasteiger partial charge in [0.05, 0.1) is 18.3 Å². The SMILES string of the molecule is Cc1sc2ncn(CC(=O)NCC(=O)Nc3ccc(Oc4ccc(Cl)cc4)cc3)c(=O)c2c1C. The van der Waals surface area contributed by atoms with Gasteiger partial charge in [-0.1, -0.05) is 11.6 Å². The van der Waals surface area contributed by atoms with E-state index in [0.29, 0.717) is 32.4 Å². The molecule has 0 aliphatic heterocycles. The Kier molecular flexibility index (Phi) is 6.95. The lowest BCUT2D eigenvalue weighted by Gasteiger charge is -2.09. The smallest absolute Gasteiger partial charge is 0.262 e. The van der Waals surface area contributed by atoms with Gasteiger partial charge in [-0.15, -0.1) is 11.3 Å². The number of benzene rings is 2. The highest BCUT2D eigenvalue weighted by molar-refractivity contribution is 7.18. The molecule has 4 aromatic rings. The van der Waals surface area contributed by atoms with Gasteiger partial charge in [0.15, 0.2) is 0 Å². The Morgan fingerprint density at radius 1 is 1.03 bits per heavy atom. The first-order valence-corrected chi connectivity index (χ1v) is 11.5. The van der Waals surface area contributed by atoms with E-state index in [1.807, 2.05) is 13.8 Å². The molecule has 0 unspecified atom stereocenters. The van der Waals surface area contributed by atoms with Crippen LogP contribution in [0.4, 0.5) is 5.69 Å². The molecular weight excluding hydrogens is 476 g/mol. The summed E-state index contributed by atoms with van der Waals surface area (Å²) >= 11 is 7.31. The average Bonchev–Trinajstić information content (AvgIpc) is 3.11. The summed E-state index contributed by atoms with van der Waals surface area (Å²) in [5, 5.41) is 6.37. The molecule has 0 aliphatic rings. The number of rotatable bonds is 7. The minimum absolute atomic E-state index is 0.222. The quantitative estimate of drug-likeness (QED) is 0.397. The number of hydrogen-bond donors (Lipinski definition) is 2. The van der Waals surface area contributed by atoms with E-state index in [0.717, 1.165) is 10.4 Å². The minimum atomic E-state index is -0.463. The summed E-state index contributed by atoms with van der Waals surface area (Å²) < 4.78 is 6.96. The predicted molar refractivity (Wildman–Crippen MR) is 133 cm³/mol. The van der Waals surface area contributed by atoms with Crippen molar-refractivity contribution in [1.82, 2.24) is 14.9 Å². The lowest BCUT2D eigenvalue weighted by atomic mass is 10.2. The third kappa shape index (κ3) is 5.44. The van der Waals surface area contributed by atoms with Crippen molar-refractivity contribution in [3.05, 3.63) is 80.7 Å². The van der Waals surface area contributed by atoms with Crippen LogP contribution in [0.5, 0.6) is 11.5 Å². The van der Waals surface area contributed by atoms with Gasteiger partial charge in [-0.3, -0.25) is 19.0 Å². The van der Waals surface area contributed by atoms with Crippen LogP contribution in [0.15, 0.2) is 59.7 Å². The van der Waals surface area contributed by atoms with E-state index in [4.69, 9.17) is 16.3 Å². The zero-order valence-corrected chi connectivity index (χ0v) is 20.0. The first kappa shape index (κ1) is 23.5. The number of hydrogen-bond acceptors (Lipinski definition) is 6. The maximum atomic E-state index is 12.7. The number of amides is 2. The van der Waals surface area contributed by atoms with Gasteiger partial charge < -0.3 is 15.4 Å². The number of nitrogens with one attached hydrogen (secondary N) is 2. The Bertz CT molecular complexity index is 1410. The Hall–Kier alpha value is -3.69. The highest BCUT2D eigenvalue weighted by Crippen LogP contribution is 2.26. The molecule has 2 amide bonds. The molecule has 0 saturated heterocycles. The fraction of sp³-hybridized carbons (Fsp3) is 0.167. The van der Waals surface area contributed by atoms with Crippen molar-refractivity contribution in [1.29, 1.82) is 0 Å². The Balaban J connectivity index is 1.29. The molecule has 4 rings (SSSR count). The molecule has 0 spiro atoms. The summed E-state index contributed by atoms with van der Waals surface area (Å²) in [7, 11) is 0. The number of aryl methyl sites for hydroxylation is 2. The third-order valence-electron chi connectivity index (χ3n) is 5.10. The van der Waals surface area contributed by atoms with Crippen LogP contribution in [-0.2, 0) is 16.1 Å². The minimum Gasteiger partial charge on any atom is -0.457 e. The molecule has 34 heavy (non-hydrogen) atoms. The van der Waals surface area contributed by atoms with Crippen LogP contribution in [0.3, 0.4) is 0 Å². The van der Waals surface area contributed by atoms with E-state index in [2.05, 4.69) is 15.6 Å². The second kappa shape index (κ2) is 10.1. The highest BCUT2D eigenvalue weighted by atomic mass is 35.5. The molecule has 2 aromatic heterocycles. The molecular formula is C24H21ClN4O4S. The molecule has 2 heterocycles. The maximum Gasteiger partial charge on any atom is 0.262 e. The number of carbonyl (C=O) groups excluding carboxylic acids is 2.